The summed E-state index contributed by atoms with van der Waals surface area (Å²) in [6, 6.07) is 0.551. The molecule has 1 aliphatic rings. The van der Waals surface area contributed by atoms with Gasteiger partial charge in [0.15, 0.2) is 0 Å². The van der Waals surface area contributed by atoms with Crippen molar-refractivity contribution in [2.24, 2.45) is 0 Å². The van der Waals surface area contributed by atoms with E-state index in [0.717, 1.165) is 28.2 Å². The van der Waals surface area contributed by atoms with Gasteiger partial charge in [-0.2, -0.15) is 0 Å². The number of aromatic nitrogens is 2. The lowest BCUT2D eigenvalue weighted by atomic mass is 10.00. The molecule has 0 bridgehead atoms. The lowest BCUT2D eigenvalue weighted by Crippen LogP contribution is -2.40. The average molecular weight is 352 g/mol. The van der Waals surface area contributed by atoms with Crippen LogP contribution in [0.25, 0.3) is 0 Å². The normalized spacial score (nSPS) is 21.1. The van der Waals surface area contributed by atoms with Crippen molar-refractivity contribution in [3.05, 3.63) is 16.1 Å². The third-order valence-electron chi connectivity index (χ3n) is 2.99. The maximum Gasteiger partial charge on any atom is 0.145 e. The van der Waals surface area contributed by atoms with E-state index < -0.39 is 0 Å². The molecule has 1 atom stereocenters. The van der Waals surface area contributed by atoms with Crippen LogP contribution in [0.5, 0.6) is 0 Å². The fourth-order valence-electron chi connectivity index (χ4n) is 2.22. The van der Waals surface area contributed by atoms with Crippen LogP contribution in [0.3, 0.4) is 0 Å². The van der Waals surface area contributed by atoms with Gasteiger partial charge in [0.2, 0.25) is 0 Å². The van der Waals surface area contributed by atoms with Gasteiger partial charge < -0.3 is 4.90 Å². The molecule has 1 aromatic rings. The maximum absolute atomic E-state index is 5.87. The molecule has 0 aliphatic carbocycles. The van der Waals surface area contributed by atoms with Gasteiger partial charge in [0.1, 0.15) is 12.1 Å². The van der Waals surface area contributed by atoms with Crippen LogP contribution in [0.1, 0.15) is 25.7 Å². The highest BCUT2D eigenvalue weighted by atomic mass is 127. The average Bonchev–Trinajstić information content (AvgIpc) is 2.31. The van der Waals surface area contributed by atoms with Crippen LogP contribution in [-0.2, 0) is 0 Å². The molecule has 1 saturated heterocycles. The Morgan fingerprint density at radius 1 is 1.50 bits per heavy atom. The van der Waals surface area contributed by atoms with E-state index in [9.17, 15) is 0 Å². The molecule has 88 valence electrons. The summed E-state index contributed by atoms with van der Waals surface area (Å²) in [4.78, 5) is 10.8. The highest BCUT2D eigenvalue weighted by molar-refractivity contribution is 14.1. The fraction of sp³-hybridized carbons (Fsp3) is 0.636. The van der Waals surface area contributed by atoms with E-state index in [1.807, 2.05) is 6.20 Å². The van der Waals surface area contributed by atoms with Gasteiger partial charge in [-0.25, -0.2) is 9.97 Å². The van der Waals surface area contributed by atoms with Crippen LogP contribution in [-0.4, -0.2) is 28.4 Å². The molecule has 2 rings (SSSR count). The summed E-state index contributed by atoms with van der Waals surface area (Å²) in [5, 5.41) is 0. The van der Waals surface area contributed by atoms with Crippen molar-refractivity contribution < 1.29 is 0 Å². The Kier molecular flexibility index (Phi) is 4.64. The van der Waals surface area contributed by atoms with E-state index in [1.165, 1.54) is 19.3 Å². The second-order valence-electron chi connectivity index (χ2n) is 4.01. The first kappa shape index (κ1) is 12.4. The van der Waals surface area contributed by atoms with Gasteiger partial charge in [-0.3, -0.25) is 0 Å². The molecule has 0 aromatic carbocycles. The number of anilines is 1. The predicted octanol–water partition coefficient (Wildman–Crippen LogP) is 3.07. The number of piperidine rings is 1. The van der Waals surface area contributed by atoms with Crippen LogP contribution in [0.2, 0.25) is 0 Å². The van der Waals surface area contributed by atoms with E-state index in [1.54, 1.807) is 6.33 Å². The number of hydrogen-bond donors (Lipinski definition) is 0. The topological polar surface area (TPSA) is 29.0 Å². The minimum atomic E-state index is 0.551. The minimum absolute atomic E-state index is 0.551. The first-order chi connectivity index (χ1) is 7.83. The van der Waals surface area contributed by atoms with Crippen molar-refractivity contribution >= 4 is 40.0 Å². The molecule has 0 N–H and O–H groups in total. The molecule has 1 unspecified atom stereocenters. The van der Waals surface area contributed by atoms with Crippen molar-refractivity contribution in [3.63, 3.8) is 0 Å². The van der Waals surface area contributed by atoms with Crippen LogP contribution in [0.15, 0.2) is 12.5 Å². The number of alkyl halides is 1. The Hall–Kier alpha value is -0.100. The molecule has 16 heavy (non-hydrogen) atoms. The van der Waals surface area contributed by atoms with E-state index in [-0.39, 0.29) is 0 Å². The summed E-state index contributed by atoms with van der Waals surface area (Å²) in [7, 11) is 0. The zero-order valence-corrected chi connectivity index (χ0v) is 12.0. The van der Waals surface area contributed by atoms with Crippen molar-refractivity contribution in [2.45, 2.75) is 31.7 Å². The summed E-state index contributed by atoms with van der Waals surface area (Å²) >= 11 is 8.17. The van der Waals surface area contributed by atoms with Crippen molar-refractivity contribution in [3.8, 4) is 0 Å². The Morgan fingerprint density at radius 3 is 3.12 bits per heavy atom. The predicted molar refractivity (Wildman–Crippen MR) is 75.1 cm³/mol. The molecular weight excluding hydrogens is 336 g/mol. The maximum atomic E-state index is 5.87. The SMILES string of the molecule is ClCCC1CCCCN1c1ncncc1I. The molecule has 0 radical (unpaired) electrons. The third kappa shape index (κ3) is 2.77. The number of rotatable bonds is 3. The van der Waals surface area contributed by atoms with E-state index in [4.69, 9.17) is 11.6 Å². The molecule has 0 saturated carbocycles. The summed E-state index contributed by atoms with van der Waals surface area (Å²) < 4.78 is 1.13. The summed E-state index contributed by atoms with van der Waals surface area (Å²) in [6.45, 7) is 1.09. The van der Waals surface area contributed by atoms with Gasteiger partial charge in [-0.15, -0.1) is 11.6 Å². The Morgan fingerprint density at radius 2 is 2.38 bits per heavy atom. The summed E-state index contributed by atoms with van der Waals surface area (Å²) in [5.74, 6) is 1.80. The largest absolute Gasteiger partial charge is 0.353 e. The van der Waals surface area contributed by atoms with Gasteiger partial charge in [0, 0.05) is 24.7 Å². The monoisotopic (exact) mass is 351 g/mol. The fourth-order valence-corrected chi connectivity index (χ4v) is 3.08. The second kappa shape index (κ2) is 6.00. The molecule has 0 spiro atoms. The smallest absolute Gasteiger partial charge is 0.145 e. The molecule has 0 amide bonds. The Bertz CT molecular complexity index is 346. The molecule has 1 fully saturated rings. The molecule has 5 heteroatoms. The lowest BCUT2D eigenvalue weighted by molar-refractivity contribution is 0.447. The summed E-state index contributed by atoms with van der Waals surface area (Å²) in [6.07, 6.45) is 8.33. The molecule has 3 nitrogen and oxygen atoms in total. The zero-order chi connectivity index (χ0) is 11.4. The minimum Gasteiger partial charge on any atom is -0.353 e. The van der Waals surface area contributed by atoms with E-state index in [0.29, 0.717) is 6.04 Å². The van der Waals surface area contributed by atoms with Crippen LogP contribution < -0.4 is 4.90 Å². The Balaban J connectivity index is 2.19. The Labute approximate surface area is 115 Å². The number of halogens is 2. The van der Waals surface area contributed by atoms with Crippen LogP contribution >= 0.6 is 34.2 Å². The highest BCUT2D eigenvalue weighted by Crippen LogP contribution is 2.27. The van der Waals surface area contributed by atoms with Crippen LogP contribution in [0, 0.1) is 3.57 Å². The molecule has 2 heterocycles. The standard InChI is InChI=1S/C11H15ClIN3/c12-5-4-9-3-1-2-6-16(9)11-10(13)7-14-8-15-11/h7-9H,1-6H2. The lowest BCUT2D eigenvalue weighted by Gasteiger charge is -2.36. The summed E-state index contributed by atoms with van der Waals surface area (Å²) in [5.41, 5.74) is 0. The second-order valence-corrected chi connectivity index (χ2v) is 5.56. The first-order valence-corrected chi connectivity index (χ1v) is 7.22. The van der Waals surface area contributed by atoms with Gasteiger partial charge in [-0.05, 0) is 48.3 Å². The third-order valence-corrected chi connectivity index (χ3v) is 3.97. The van der Waals surface area contributed by atoms with E-state index in [2.05, 4.69) is 37.5 Å². The molecular formula is C11H15ClIN3. The molecule has 1 aromatic heterocycles. The van der Waals surface area contributed by atoms with Crippen molar-refractivity contribution in [1.29, 1.82) is 0 Å². The van der Waals surface area contributed by atoms with Crippen molar-refractivity contribution in [1.82, 2.24) is 9.97 Å². The number of nitrogens with zero attached hydrogens (tertiary/aromatic N) is 3. The number of hydrogen-bond acceptors (Lipinski definition) is 3. The van der Waals surface area contributed by atoms with Crippen molar-refractivity contribution in [2.75, 3.05) is 17.3 Å². The van der Waals surface area contributed by atoms with Gasteiger partial charge in [-0.1, -0.05) is 0 Å². The molecule has 1 aliphatic heterocycles. The highest BCUT2D eigenvalue weighted by Gasteiger charge is 2.24. The van der Waals surface area contributed by atoms with Gasteiger partial charge in [0.05, 0.1) is 3.57 Å². The van der Waals surface area contributed by atoms with Gasteiger partial charge >= 0.3 is 0 Å². The van der Waals surface area contributed by atoms with Crippen LogP contribution in [0.4, 0.5) is 5.82 Å². The quantitative estimate of drug-likeness (QED) is 0.619. The van der Waals surface area contributed by atoms with E-state index >= 15 is 0 Å². The first-order valence-electron chi connectivity index (χ1n) is 5.61. The van der Waals surface area contributed by atoms with Gasteiger partial charge in [0.25, 0.3) is 0 Å². The zero-order valence-electron chi connectivity index (χ0n) is 9.07.